The van der Waals surface area contributed by atoms with E-state index >= 15 is 0 Å². The van der Waals surface area contributed by atoms with Gasteiger partial charge < -0.3 is 11.1 Å². The van der Waals surface area contributed by atoms with Crippen LogP contribution in [0.3, 0.4) is 0 Å². The van der Waals surface area contributed by atoms with E-state index in [1.165, 1.54) is 18.5 Å². The molecular weight excluding hydrogens is 401 g/mol. The van der Waals surface area contributed by atoms with Gasteiger partial charge in [0.1, 0.15) is 41.2 Å². The van der Waals surface area contributed by atoms with Gasteiger partial charge >= 0.3 is 0 Å². The molecule has 0 aliphatic rings. The molecule has 3 N–H and O–H groups in total. The molecular formula is C21H18FN7S. The fourth-order valence-electron chi connectivity index (χ4n) is 3.24. The van der Waals surface area contributed by atoms with Gasteiger partial charge in [0.05, 0.1) is 11.0 Å². The van der Waals surface area contributed by atoms with E-state index in [0.29, 0.717) is 24.3 Å². The summed E-state index contributed by atoms with van der Waals surface area (Å²) in [5.41, 5.74) is 8.32. The Bertz CT molecular complexity index is 1260. The van der Waals surface area contributed by atoms with E-state index < -0.39 is 0 Å². The highest BCUT2D eigenvalue weighted by atomic mass is 32.2. The average molecular weight is 419 g/mol. The van der Waals surface area contributed by atoms with Crippen molar-refractivity contribution >= 4 is 34.4 Å². The van der Waals surface area contributed by atoms with Crippen LogP contribution in [0, 0.1) is 17.1 Å². The summed E-state index contributed by atoms with van der Waals surface area (Å²) >= 11 is 1.65. The first kappa shape index (κ1) is 19.7. The zero-order valence-electron chi connectivity index (χ0n) is 16.1. The number of nitrogens with one attached hydrogen (secondary N) is 1. The normalized spacial score (nSPS) is 10.8. The zero-order chi connectivity index (χ0) is 21.1. The molecule has 0 aliphatic carbocycles. The lowest BCUT2D eigenvalue weighted by atomic mass is 10.2. The third-order valence-corrected chi connectivity index (χ3v) is 5.35. The lowest BCUT2D eigenvalue weighted by molar-refractivity contribution is 0.629. The van der Waals surface area contributed by atoms with Crippen molar-refractivity contribution in [3.8, 4) is 11.8 Å². The monoisotopic (exact) mass is 419 g/mol. The molecule has 30 heavy (non-hydrogen) atoms. The lowest BCUT2D eigenvalue weighted by Gasteiger charge is -2.12. The van der Waals surface area contributed by atoms with Gasteiger partial charge in [0.25, 0.3) is 0 Å². The van der Waals surface area contributed by atoms with Gasteiger partial charge in [-0.2, -0.15) is 5.26 Å². The summed E-state index contributed by atoms with van der Waals surface area (Å²) < 4.78 is 15.8. The minimum absolute atomic E-state index is 0.131. The van der Waals surface area contributed by atoms with Crippen molar-refractivity contribution in [1.29, 1.82) is 5.26 Å². The molecule has 0 saturated carbocycles. The summed E-state index contributed by atoms with van der Waals surface area (Å²) in [7, 11) is 0. The predicted molar refractivity (Wildman–Crippen MR) is 116 cm³/mol. The van der Waals surface area contributed by atoms with Crippen LogP contribution >= 0.6 is 11.8 Å². The van der Waals surface area contributed by atoms with Crippen molar-refractivity contribution in [2.24, 2.45) is 0 Å². The Balaban J connectivity index is 1.68. The van der Waals surface area contributed by atoms with Gasteiger partial charge in [-0.25, -0.2) is 19.3 Å². The predicted octanol–water partition coefficient (Wildman–Crippen LogP) is 3.78. The number of nitrogens with zero attached hydrogens (tertiary/aromatic N) is 5. The lowest BCUT2D eigenvalue weighted by Crippen LogP contribution is -2.12. The van der Waals surface area contributed by atoms with Crippen molar-refractivity contribution < 1.29 is 4.39 Å². The molecule has 0 fully saturated rings. The quantitative estimate of drug-likeness (QED) is 0.458. The van der Waals surface area contributed by atoms with Gasteiger partial charge in [0, 0.05) is 29.6 Å². The standard InChI is InChI=1S/C21H18FN7S/c1-30-15-4-2-3-14(10-15)29-18-6-5-13(22)9-17(18)28-19(29)7-8-25-21-16(11-23)20(24)26-12-27-21/h2-6,9-10,12H,7-8H2,1H3,(H3,24,25,26,27). The maximum atomic E-state index is 13.8. The number of nitrogen functional groups attached to an aromatic ring is 1. The van der Waals surface area contributed by atoms with Crippen LogP contribution in [-0.2, 0) is 6.42 Å². The van der Waals surface area contributed by atoms with E-state index in [1.807, 2.05) is 35.1 Å². The van der Waals surface area contributed by atoms with Crippen LogP contribution in [-0.4, -0.2) is 32.3 Å². The number of benzene rings is 2. The number of rotatable bonds is 6. The first-order valence-electron chi connectivity index (χ1n) is 9.16. The van der Waals surface area contributed by atoms with E-state index in [1.54, 1.807) is 17.8 Å². The first-order valence-corrected chi connectivity index (χ1v) is 10.4. The number of thioether (sulfide) groups is 1. The molecule has 7 nitrogen and oxygen atoms in total. The molecule has 0 unspecified atom stereocenters. The molecule has 4 aromatic rings. The third kappa shape index (κ3) is 3.77. The van der Waals surface area contributed by atoms with E-state index in [4.69, 9.17) is 5.73 Å². The first-order chi connectivity index (χ1) is 14.6. The maximum absolute atomic E-state index is 13.8. The Hall–Kier alpha value is -3.64. The Labute approximate surface area is 176 Å². The Morgan fingerprint density at radius 3 is 2.90 bits per heavy atom. The van der Waals surface area contributed by atoms with Crippen LogP contribution in [0.1, 0.15) is 11.4 Å². The highest BCUT2D eigenvalue weighted by Crippen LogP contribution is 2.26. The number of imidazole rings is 1. The minimum Gasteiger partial charge on any atom is -0.382 e. The summed E-state index contributed by atoms with van der Waals surface area (Å²) in [4.78, 5) is 13.7. The van der Waals surface area contributed by atoms with Crippen molar-refractivity contribution in [3.63, 3.8) is 0 Å². The third-order valence-electron chi connectivity index (χ3n) is 4.63. The number of hydrogen-bond donors (Lipinski definition) is 2. The molecule has 0 spiro atoms. The largest absolute Gasteiger partial charge is 0.382 e. The van der Waals surface area contributed by atoms with Crippen molar-refractivity contribution in [3.05, 3.63) is 66.0 Å². The van der Waals surface area contributed by atoms with Gasteiger partial charge in [-0.3, -0.25) is 4.57 Å². The maximum Gasteiger partial charge on any atom is 0.149 e. The van der Waals surface area contributed by atoms with E-state index in [-0.39, 0.29) is 17.2 Å². The summed E-state index contributed by atoms with van der Waals surface area (Å²) in [5.74, 6) is 0.946. The molecule has 0 aliphatic heterocycles. The molecule has 2 aromatic carbocycles. The number of anilines is 2. The van der Waals surface area contributed by atoms with Gasteiger partial charge in [0.2, 0.25) is 0 Å². The summed E-state index contributed by atoms with van der Waals surface area (Å²) in [6.45, 7) is 0.457. The highest BCUT2D eigenvalue weighted by molar-refractivity contribution is 7.98. The molecule has 0 amide bonds. The van der Waals surface area contributed by atoms with Crippen LogP contribution in [0.25, 0.3) is 16.7 Å². The van der Waals surface area contributed by atoms with Gasteiger partial charge in [-0.1, -0.05) is 6.07 Å². The number of halogens is 1. The molecule has 2 heterocycles. The number of fused-ring (bicyclic) bond motifs is 1. The number of aromatic nitrogens is 4. The van der Waals surface area contributed by atoms with E-state index in [2.05, 4.69) is 26.3 Å². The van der Waals surface area contributed by atoms with Crippen LogP contribution < -0.4 is 11.1 Å². The number of nitrogens with two attached hydrogens (primary N) is 1. The SMILES string of the molecule is CSc1cccc(-n2c(CCNc3ncnc(N)c3C#N)nc3cc(F)ccc32)c1. The fraction of sp³-hybridized carbons (Fsp3) is 0.143. The molecule has 0 atom stereocenters. The Kier molecular flexibility index (Phi) is 5.50. The van der Waals surface area contributed by atoms with E-state index in [9.17, 15) is 9.65 Å². The Morgan fingerprint density at radius 1 is 1.23 bits per heavy atom. The smallest absolute Gasteiger partial charge is 0.149 e. The van der Waals surface area contributed by atoms with Crippen LogP contribution in [0.5, 0.6) is 0 Å². The molecule has 150 valence electrons. The second-order valence-electron chi connectivity index (χ2n) is 6.47. The average Bonchev–Trinajstić information content (AvgIpc) is 3.11. The fourth-order valence-corrected chi connectivity index (χ4v) is 3.70. The second kappa shape index (κ2) is 8.39. The topological polar surface area (TPSA) is 105 Å². The van der Waals surface area contributed by atoms with Crippen molar-refractivity contribution in [2.45, 2.75) is 11.3 Å². The zero-order valence-corrected chi connectivity index (χ0v) is 16.9. The van der Waals surface area contributed by atoms with Gasteiger partial charge in [-0.15, -0.1) is 11.8 Å². The number of hydrogen-bond acceptors (Lipinski definition) is 7. The van der Waals surface area contributed by atoms with Crippen molar-refractivity contribution in [2.75, 3.05) is 23.9 Å². The van der Waals surface area contributed by atoms with Gasteiger partial charge in [-0.05, 0) is 36.6 Å². The summed E-state index contributed by atoms with van der Waals surface area (Å²) in [5, 5.41) is 12.4. The molecule has 0 saturated heterocycles. The Morgan fingerprint density at radius 2 is 2.10 bits per heavy atom. The molecule has 0 radical (unpaired) electrons. The van der Waals surface area contributed by atoms with Gasteiger partial charge in [0.15, 0.2) is 0 Å². The molecule has 0 bridgehead atoms. The van der Waals surface area contributed by atoms with Crippen LogP contribution in [0.4, 0.5) is 16.0 Å². The molecule has 9 heteroatoms. The van der Waals surface area contributed by atoms with E-state index in [0.717, 1.165) is 21.9 Å². The van der Waals surface area contributed by atoms with Crippen LogP contribution in [0.2, 0.25) is 0 Å². The summed E-state index contributed by atoms with van der Waals surface area (Å²) in [6.07, 6.45) is 3.85. The number of nitriles is 1. The molecule has 4 rings (SSSR count). The highest BCUT2D eigenvalue weighted by Gasteiger charge is 2.14. The van der Waals surface area contributed by atoms with Crippen molar-refractivity contribution in [1.82, 2.24) is 19.5 Å². The molecule has 2 aromatic heterocycles. The summed E-state index contributed by atoms with van der Waals surface area (Å²) in [6, 6.07) is 14.7. The second-order valence-corrected chi connectivity index (χ2v) is 7.35. The van der Waals surface area contributed by atoms with Crippen LogP contribution in [0.15, 0.2) is 53.7 Å². The minimum atomic E-state index is -0.329.